The molecule has 0 spiro atoms. The molecule has 1 aliphatic carbocycles. The summed E-state index contributed by atoms with van der Waals surface area (Å²) in [4.78, 5) is 20.3. The van der Waals surface area contributed by atoms with E-state index in [0.717, 1.165) is 54.6 Å². The van der Waals surface area contributed by atoms with E-state index in [1.54, 1.807) is 0 Å². The first-order valence-electron chi connectivity index (χ1n) is 13.4. The molecule has 37 heavy (non-hydrogen) atoms. The van der Waals surface area contributed by atoms with Gasteiger partial charge in [0.2, 0.25) is 0 Å². The summed E-state index contributed by atoms with van der Waals surface area (Å²) in [6.07, 6.45) is 7.45. The number of aromatic nitrogens is 1. The molecule has 1 N–H and O–H groups in total. The molecule has 3 aromatic rings. The largest absolute Gasteiger partial charge is 0.492 e. The first-order chi connectivity index (χ1) is 18.0. The molecular formula is C31H38ClN3O2. The van der Waals surface area contributed by atoms with Crippen molar-refractivity contribution in [3.05, 3.63) is 70.9 Å². The smallest absolute Gasteiger partial charge is 0.270 e. The van der Waals surface area contributed by atoms with Gasteiger partial charge >= 0.3 is 0 Å². The Kier molecular flexibility index (Phi) is 9.59. The van der Waals surface area contributed by atoms with Gasteiger partial charge < -0.3 is 15.0 Å². The van der Waals surface area contributed by atoms with Crippen LogP contribution in [0.4, 0.5) is 0 Å². The zero-order chi connectivity index (χ0) is 26.2. The fraction of sp³-hybridized carbons (Fsp3) is 0.419. The fourth-order valence-electron chi connectivity index (χ4n) is 4.94. The SMILES string of the molecule is CCc1ccccc1-c1ccc(C(=O)NC2CCCCC2)nc1-c1ccc(Cl)c(OCCCN(C)C)c1. The molecule has 0 bridgehead atoms. The van der Waals surface area contributed by atoms with Crippen LogP contribution in [-0.2, 0) is 6.42 Å². The van der Waals surface area contributed by atoms with Gasteiger partial charge in [-0.25, -0.2) is 4.98 Å². The Morgan fingerprint density at radius 1 is 1.05 bits per heavy atom. The minimum Gasteiger partial charge on any atom is -0.492 e. The highest BCUT2D eigenvalue weighted by Crippen LogP contribution is 2.37. The van der Waals surface area contributed by atoms with E-state index >= 15 is 0 Å². The van der Waals surface area contributed by atoms with Crippen LogP contribution in [0, 0.1) is 0 Å². The van der Waals surface area contributed by atoms with E-state index in [4.69, 9.17) is 21.3 Å². The van der Waals surface area contributed by atoms with Crippen LogP contribution in [0.1, 0.15) is 61.5 Å². The summed E-state index contributed by atoms with van der Waals surface area (Å²) in [5, 5.41) is 3.77. The van der Waals surface area contributed by atoms with Crippen LogP contribution in [0.25, 0.3) is 22.4 Å². The first kappa shape index (κ1) is 27.2. The molecule has 1 aliphatic rings. The Bertz CT molecular complexity index is 1200. The Labute approximate surface area is 226 Å². The van der Waals surface area contributed by atoms with Gasteiger partial charge in [-0.05, 0) is 75.2 Å². The van der Waals surface area contributed by atoms with Gasteiger partial charge in [-0.2, -0.15) is 0 Å². The second-order valence-electron chi connectivity index (χ2n) is 10.1. The number of nitrogens with zero attached hydrogens (tertiary/aromatic N) is 2. The predicted molar refractivity (Wildman–Crippen MR) is 153 cm³/mol. The van der Waals surface area contributed by atoms with E-state index in [2.05, 4.69) is 35.3 Å². The maximum Gasteiger partial charge on any atom is 0.270 e. The number of carbonyl (C=O) groups excluding carboxylic acids is 1. The number of benzene rings is 2. The highest BCUT2D eigenvalue weighted by atomic mass is 35.5. The summed E-state index contributed by atoms with van der Waals surface area (Å²) in [7, 11) is 4.10. The van der Waals surface area contributed by atoms with Crippen LogP contribution < -0.4 is 10.1 Å². The molecule has 1 saturated carbocycles. The number of nitrogens with one attached hydrogen (secondary N) is 1. The first-order valence-corrected chi connectivity index (χ1v) is 13.8. The van der Waals surface area contributed by atoms with Crippen LogP contribution >= 0.6 is 11.6 Å². The molecule has 0 atom stereocenters. The molecule has 0 saturated heterocycles. The number of carbonyl (C=O) groups is 1. The normalized spacial score (nSPS) is 14.1. The lowest BCUT2D eigenvalue weighted by molar-refractivity contribution is 0.0923. The van der Waals surface area contributed by atoms with Crippen molar-refractivity contribution in [2.24, 2.45) is 0 Å². The summed E-state index contributed by atoms with van der Waals surface area (Å²) in [5.74, 6) is 0.518. The molecule has 1 amide bonds. The molecule has 1 aromatic heterocycles. The maximum atomic E-state index is 13.2. The van der Waals surface area contributed by atoms with Gasteiger partial charge in [-0.3, -0.25) is 4.79 Å². The quantitative estimate of drug-likeness (QED) is 0.292. The number of amides is 1. The average molecular weight is 520 g/mol. The van der Waals surface area contributed by atoms with Gasteiger partial charge in [0.05, 0.1) is 17.3 Å². The van der Waals surface area contributed by atoms with Gasteiger partial charge in [-0.15, -0.1) is 0 Å². The number of rotatable bonds is 10. The van der Waals surface area contributed by atoms with Crippen LogP contribution in [0.5, 0.6) is 5.75 Å². The van der Waals surface area contributed by atoms with E-state index in [0.29, 0.717) is 23.1 Å². The van der Waals surface area contributed by atoms with Crippen molar-refractivity contribution in [3.8, 4) is 28.1 Å². The Morgan fingerprint density at radius 3 is 2.59 bits per heavy atom. The van der Waals surface area contributed by atoms with Crippen molar-refractivity contribution in [2.75, 3.05) is 27.2 Å². The lowest BCUT2D eigenvalue weighted by atomic mass is 9.93. The summed E-state index contributed by atoms with van der Waals surface area (Å²) in [6, 6.07) is 18.2. The zero-order valence-corrected chi connectivity index (χ0v) is 23.0. The van der Waals surface area contributed by atoms with Crippen LogP contribution in [0.3, 0.4) is 0 Å². The van der Waals surface area contributed by atoms with E-state index in [1.165, 1.54) is 24.8 Å². The van der Waals surface area contributed by atoms with Gasteiger partial charge in [0.1, 0.15) is 11.4 Å². The second-order valence-corrected chi connectivity index (χ2v) is 10.5. The molecule has 2 aromatic carbocycles. The Morgan fingerprint density at radius 2 is 1.84 bits per heavy atom. The summed E-state index contributed by atoms with van der Waals surface area (Å²) in [6.45, 7) is 3.67. The van der Waals surface area contributed by atoms with Crippen molar-refractivity contribution in [1.82, 2.24) is 15.2 Å². The number of hydrogen-bond donors (Lipinski definition) is 1. The van der Waals surface area contributed by atoms with Gasteiger partial charge in [-0.1, -0.05) is 68.1 Å². The van der Waals surface area contributed by atoms with Gasteiger partial charge in [0.25, 0.3) is 5.91 Å². The minimum absolute atomic E-state index is 0.113. The molecular weight excluding hydrogens is 482 g/mol. The number of ether oxygens (including phenoxy) is 1. The fourth-order valence-corrected chi connectivity index (χ4v) is 5.12. The van der Waals surface area contributed by atoms with Gasteiger partial charge in [0, 0.05) is 23.7 Å². The van der Waals surface area contributed by atoms with E-state index in [-0.39, 0.29) is 11.9 Å². The number of aryl methyl sites for hydroxylation is 1. The Balaban J connectivity index is 1.70. The van der Waals surface area contributed by atoms with Crippen LogP contribution in [0.15, 0.2) is 54.6 Å². The lowest BCUT2D eigenvalue weighted by Crippen LogP contribution is -2.36. The van der Waals surface area contributed by atoms with Crippen LogP contribution in [-0.4, -0.2) is 49.1 Å². The average Bonchev–Trinajstić information content (AvgIpc) is 2.92. The summed E-state index contributed by atoms with van der Waals surface area (Å²) in [5.41, 5.74) is 5.41. The monoisotopic (exact) mass is 519 g/mol. The Hall–Kier alpha value is -2.89. The summed E-state index contributed by atoms with van der Waals surface area (Å²) >= 11 is 6.50. The number of pyridine rings is 1. The van der Waals surface area contributed by atoms with Crippen molar-refractivity contribution in [3.63, 3.8) is 0 Å². The minimum atomic E-state index is -0.113. The van der Waals surface area contributed by atoms with Crippen molar-refractivity contribution >= 4 is 17.5 Å². The highest BCUT2D eigenvalue weighted by Gasteiger charge is 2.20. The zero-order valence-electron chi connectivity index (χ0n) is 22.2. The third-order valence-electron chi connectivity index (χ3n) is 6.97. The molecule has 1 heterocycles. The molecule has 0 radical (unpaired) electrons. The third-order valence-corrected chi connectivity index (χ3v) is 7.28. The topological polar surface area (TPSA) is 54.5 Å². The summed E-state index contributed by atoms with van der Waals surface area (Å²) < 4.78 is 6.05. The molecule has 1 fully saturated rings. The van der Waals surface area contributed by atoms with Crippen molar-refractivity contribution in [1.29, 1.82) is 0 Å². The maximum absolute atomic E-state index is 13.2. The molecule has 6 heteroatoms. The lowest BCUT2D eigenvalue weighted by Gasteiger charge is -2.23. The van der Waals surface area contributed by atoms with Crippen LogP contribution in [0.2, 0.25) is 5.02 Å². The highest BCUT2D eigenvalue weighted by molar-refractivity contribution is 6.32. The predicted octanol–water partition coefficient (Wildman–Crippen LogP) is 7.02. The van der Waals surface area contributed by atoms with Crippen molar-refractivity contribution in [2.45, 2.75) is 57.9 Å². The third kappa shape index (κ3) is 7.12. The molecule has 196 valence electrons. The standard InChI is InChI=1S/C31H38ClN3O2/c1-4-22-11-8-9-14-25(22)26-16-18-28(31(36)33-24-12-6-5-7-13-24)34-30(26)23-15-17-27(32)29(21-23)37-20-10-19-35(2)3/h8-9,11,14-18,21,24H,4-7,10,12-13,19-20H2,1-3H3,(H,33,36). The molecule has 4 rings (SSSR count). The van der Waals surface area contributed by atoms with Crippen molar-refractivity contribution < 1.29 is 9.53 Å². The second kappa shape index (κ2) is 13.1. The molecule has 0 aliphatic heterocycles. The van der Waals surface area contributed by atoms with E-state index < -0.39 is 0 Å². The number of halogens is 1. The molecule has 0 unspecified atom stereocenters. The van der Waals surface area contributed by atoms with E-state index in [9.17, 15) is 4.79 Å². The number of hydrogen-bond acceptors (Lipinski definition) is 4. The van der Waals surface area contributed by atoms with E-state index in [1.807, 2.05) is 50.5 Å². The van der Waals surface area contributed by atoms with Gasteiger partial charge in [0.15, 0.2) is 0 Å². The molecule has 5 nitrogen and oxygen atoms in total.